The van der Waals surface area contributed by atoms with E-state index < -0.39 is 0 Å². The lowest BCUT2D eigenvalue weighted by Crippen LogP contribution is -2.19. The van der Waals surface area contributed by atoms with Gasteiger partial charge in [-0.05, 0) is 31.5 Å². The minimum absolute atomic E-state index is 0.652. The predicted molar refractivity (Wildman–Crippen MR) is 79.9 cm³/mol. The van der Waals surface area contributed by atoms with E-state index in [4.69, 9.17) is 11.6 Å². The molecular formula is C15H20ClN3. The Morgan fingerprint density at radius 1 is 1.32 bits per heavy atom. The Labute approximate surface area is 119 Å². The maximum atomic E-state index is 6.21. The summed E-state index contributed by atoms with van der Waals surface area (Å²) in [4.78, 5) is 0. The van der Waals surface area contributed by atoms with Crippen LogP contribution >= 0.6 is 11.6 Å². The molecule has 2 rings (SSSR count). The molecule has 0 saturated carbocycles. The molecule has 0 amide bonds. The molecule has 4 heteroatoms. The summed E-state index contributed by atoms with van der Waals surface area (Å²) in [6.07, 6.45) is 1.91. The second-order valence-corrected chi connectivity index (χ2v) is 5.55. The number of benzene rings is 1. The van der Waals surface area contributed by atoms with Crippen molar-refractivity contribution in [3.05, 3.63) is 46.7 Å². The van der Waals surface area contributed by atoms with E-state index >= 15 is 0 Å². The van der Waals surface area contributed by atoms with Gasteiger partial charge in [0.15, 0.2) is 0 Å². The molecule has 0 aliphatic rings. The first-order valence-corrected chi connectivity index (χ1v) is 6.96. The number of hydrogen-bond acceptors (Lipinski definition) is 2. The van der Waals surface area contributed by atoms with Gasteiger partial charge in [0, 0.05) is 17.8 Å². The van der Waals surface area contributed by atoms with E-state index in [1.54, 1.807) is 0 Å². The molecule has 0 spiro atoms. The first-order chi connectivity index (χ1) is 9.09. The molecule has 0 unspecified atom stereocenters. The smallest absolute Gasteiger partial charge is 0.0834 e. The fraction of sp³-hybridized carbons (Fsp3) is 0.400. The Bertz CT molecular complexity index is 546. The highest BCUT2D eigenvalue weighted by Gasteiger charge is 2.10. The molecule has 1 heterocycles. The summed E-state index contributed by atoms with van der Waals surface area (Å²) in [5, 5.41) is 8.59. The number of para-hydroxylation sites is 1. The van der Waals surface area contributed by atoms with Crippen molar-refractivity contribution < 1.29 is 0 Å². The van der Waals surface area contributed by atoms with Crippen LogP contribution in [-0.4, -0.2) is 16.3 Å². The average Bonchev–Trinajstić information content (AvgIpc) is 2.72. The molecule has 1 aromatic heterocycles. The average molecular weight is 278 g/mol. The van der Waals surface area contributed by atoms with E-state index in [0.29, 0.717) is 5.92 Å². The number of nitrogens with zero attached hydrogens (tertiary/aromatic N) is 2. The first kappa shape index (κ1) is 14.1. The number of halogens is 1. The molecule has 0 fully saturated rings. The Balaban J connectivity index is 2.17. The molecule has 19 heavy (non-hydrogen) atoms. The van der Waals surface area contributed by atoms with Crippen LogP contribution in [0.3, 0.4) is 0 Å². The lowest BCUT2D eigenvalue weighted by molar-refractivity contribution is 0.551. The third-order valence-electron chi connectivity index (χ3n) is 3.06. The van der Waals surface area contributed by atoms with Gasteiger partial charge in [-0.3, -0.25) is 0 Å². The lowest BCUT2D eigenvalue weighted by Gasteiger charge is -2.09. The summed E-state index contributed by atoms with van der Waals surface area (Å²) in [6.45, 7) is 8.33. The summed E-state index contributed by atoms with van der Waals surface area (Å²) in [5.74, 6) is 0.652. The second-order valence-electron chi connectivity index (χ2n) is 5.14. The Kier molecular flexibility index (Phi) is 4.61. The largest absolute Gasteiger partial charge is 0.312 e. The number of hydrogen-bond donors (Lipinski definition) is 1. The number of aromatic nitrogens is 2. The molecule has 0 atom stereocenters. The number of rotatable bonds is 5. The molecule has 3 nitrogen and oxygen atoms in total. The van der Waals surface area contributed by atoms with E-state index in [1.807, 2.05) is 35.1 Å². The van der Waals surface area contributed by atoms with Crippen LogP contribution in [0.25, 0.3) is 5.69 Å². The van der Waals surface area contributed by atoms with E-state index in [9.17, 15) is 0 Å². The fourth-order valence-corrected chi connectivity index (χ4v) is 2.19. The standard InChI is InChI=1S/C15H20ClN3/c1-11(2)8-17-9-13-10-18-19(12(13)3)15-7-5-4-6-14(15)16/h4-7,10-11,17H,8-9H2,1-3H3. The fourth-order valence-electron chi connectivity index (χ4n) is 1.98. The maximum absolute atomic E-state index is 6.21. The minimum atomic E-state index is 0.652. The van der Waals surface area contributed by atoms with Gasteiger partial charge in [0.25, 0.3) is 0 Å². The summed E-state index contributed by atoms with van der Waals surface area (Å²) in [7, 11) is 0. The highest BCUT2D eigenvalue weighted by atomic mass is 35.5. The van der Waals surface area contributed by atoms with Crippen molar-refractivity contribution in [2.75, 3.05) is 6.54 Å². The van der Waals surface area contributed by atoms with Crippen LogP contribution in [-0.2, 0) is 6.54 Å². The van der Waals surface area contributed by atoms with Crippen molar-refractivity contribution in [1.29, 1.82) is 0 Å². The molecule has 1 aromatic carbocycles. The zero-order chi connectivity index (χ0) is 13.8. The van der Waals surface area contributed by atoms with Crippen molar-refractivity contribution in [3.63, 3.8) is 0 Å². The monoisotopic (exact) mass is 277 g/mol. The molecule has 0 bridgehead atoms. The van der Waals surface area contributed by atoms with Gasteiger partial charge in [-0.2, -0.15) is 5.10 Å². The molecule has 1 N–H and O–H groups in total. The maximum Gasteiger partial charge on any atom is 0.0834 e. The third-order valence-corrected chi connectivity index (χ3v) is 3.38. The van der Waals surface area contributed by atoms with Crippen LogP contribution in [0.5, 0.6) is 0 Å². The summed E-state index contributed by atoms with van der Waals surface area (Å²) in [6, 6.07) is 7.76. The van der Waals surface area contributed by atoms with Crippen LogP contribution in [0.1, 0.15) is 25.1 Å². The molecule has 102 valence electrons. The third kappa shape index (κ3) is 3.37. The minimum Gasteiger partial charge on any atom is -0.312 e. The zero-order valence-electron chi connectivity index (χ0n) is 11.7. The van der Waals surface area contributed by atoms with E-state index in [2.05, 4.69) is 31.2 Å². The SMILES string of the molecule is Cc1c(CNCC(C)C)cnn1-c1ccccc1Cl. The number of nitrogens with one attached hydrogen (secondary N) is 1. The zero-order valence-corrected chi connectivity index (χ0v) is 12.4. The summed E-state index contributed by atoms with van der Waals surface area (Å²) >= 11 is 6.21. The van der Waals surface area contributed by atoms with Gasteiger partial charge in [-0.25, -0.2) is 4.68 Å². The molecule has 0 radical (unpaired) electrons. The normalized spacial score (nSPS) is 11.2. The highest BCUT2D eigenvalue weighted by Crippen LogP contribution is 2.21. The Hall–Kier alpha value is -1.32. The van der Waals surface area contributed by atoms with Crippen molar-refractivity contribution >= 4 is 11.6 Å². The van der Waals surface area contributed by atoms with Crippen molar-refractivity contribution in [1.82, 2.24) is 15.1 Å². The van der Waals surface area contributed by atoms with Crippen LogP contribution in [0.15, 0.2) is 30.5 Å². The van der Waals surface area contributed by atoms with E-state index in [-0.39, 0.29) is 0 Å². The summed E-state index contributed by atoms with van der Waals surface area (Å²) < 4.78 is 1.90. The Morgan fingerprint density at radius 2 is 2.05 bits per heavy atom. The van der Waals surface area contributed by atoms with Crippen molar-refractivity contribution in [2.24, 2.45) is 5.92 Å². The lowest BCUT2D eigenvalue weighted by atomic mass is 10.2. The molecule has 2 aromatic rings. The van der Waals surface area contributed by atoms with Gasteiger partial charge < -0.3 is 5.32 Å². The van der Waals surface area contributed by atoms with Gasteiger partial charge >= 0.3 is 0 Å². The Morgan fingerprint density at radius 3 is 2.74 bits per heavy atom. The summed E-state index contributed by atoms with van der Waals surface area (Å²) in [5.41, 5.74) is 3.27. The van der Waals surface area contributed by atoms with Crippen LogP contribution < -0.4 is 5.32 Å². The first-order valence-electron chi connectivity index (χ1n) is 6.58. The molecule has 0 aliphatic heterocycles. The van der Waals surface area contributed by atoms with Crippen LogP contribution in [0, 0.1) is 12.8 Å². The van der Waals surface area contributed by atoms with Crippen LogP contribution in [0.2, 0.25) is 5.02 Å². The van der Waals surface area contributed by atoms with Gasteiger partial charge in [0.05, 0.1) is 16.9 Å². The highest BCUT2D eigenvalue weighted by molar-refractivity contribution is 6.32. The van der Waals surface area contributed by atoms with Crippen LogP contribution in [0.4, 0.5) is 0 Å². The topological polar surface area (TPSA) is 29.9 Å². The quantitative estimate of drug-likeness (QED) is 0.905. The van der Waals surface area contributed by atoms with E-state index in [1.165, 1.54) is 5.56 Å². The van der Waals surface area contributed by atoms with E-state index in [0.717, 1.165) is 29.5 Å². The molecule has 0 saturated heterocycles. The molecule has 0 aliphatic carbocycles. The van der Waals surface area contributed by atoms with Gasteiger partial charge in [-0.15, -0.1) is 0 Å². The predicted octanol–water partition coefficient (Wildman–Crippen LogP) is 3.58. The van der Waals surface area contributed by atoms with Gasteiger partial charge in [0.1, 0.15) is 0 Å². The van der Waals surface area contributed by atoms with Crippen molar-refractivity contribution in [2.45, 2.75) is 27.3 Å². The van der Waals surface area contributed by atoms with Crippen molar-refractivity contribution in [3.8, 4) is 5.69 Å². The van der Waals surface area contributed by atoms with Gasteiger partial charge in [0.2, 0.25) is 0 Å². The molecular weight excluding hydrogens is 258 g/mol. The second kappa shape index (κ2) is 6.22. The van der Waals surface area contributed by atoms with Gasteiger partial charge in [-0.1, -0.05) is 37.6 Å².